The van der Waals surface area contributed by atoms with Gasteiger partial charge in [-0.2, -0.15) is 0 Å². The van der Waals surface area contributed by atoms with Gasteiger partial charge in [-0.25, -0.2) is 0 Å². The zero-order valence-electron chi connectivity index (χ0n) is 21.4. The number of Topliss-reactive ketones (excluding diaryl/α,β-unsaturated/α-hetero) is 1. The second-order valence-corrected chi connectivity index (χ2v) is 14.0. The monoisotopic (exact) mass is 448 g/mol. The number of benzene rings is 2. The number of rotatable bonds is 5. The standard InChI is InChI=1S/C30H41OP/c1-19(2)23-16-26(20(3)4)29(27(17-23)21(5)6)25-12-10-11-13-28(25)32-22(7)14-15-24(31)18-30(32,8)9/h10-13,16-17,19-21H,7,14-15,18H2,1-6,8-9H3. The van der Waals surface area contributed by atoms with E-state index in [1.165, 1.54) is 38.4 Å². The second kappa shape index (κ2) is 9.64. The second-order valence-electron chi connectivity index (χ2n) is 11.0. The van der Waals surface area contributed by atoms with Gasteiger partial charge in [0, 0.05) is 12.8 Å². The molecule has 1 atom stereocenters. The van der Waals surface area contributed by atoms with Crippen molar-refractivity contribution >= 4 is 19.0 Å². The highest BCUT2D eigenvalue weighted by atomic mass is 31.1. The van der Waals surface area contributed by atoms with Crippen LogP contribution in [0.2, 0.25) is 0 Å². The summed E-state index contributed by atoms with van der Waals surface area (Å²) in [6.07, 6.45) is 2.11. The number of ketones is 1. The van der Waals surface area contributed by atoms with E-state index < -0.39 is 7.92 Å². The molecule has 1 fully saturated rings. The molecule has 32 heavy (non-hydrogen) atoms. The molecular formula is C30H41OP. The maximum atomic E-state index is 12.5. The van der Waals surface area contributed by atoms with Crippen LogP contribution in [-0.2, 0) is 4.79 Å². The van der Waals surface area contributed by atoms with Gasteiger partial charge in [-0.15, -0.1) is 0 Å². The summed E-state index contributed by atoms with van der Waals surface area (Å²) in [5.41, 5.74) is 7.07. The minimum atomic E-state index is -0.668. The van der Waals surface area contributed by atoms with E-state index in [-0.39, 0.29) is 5.16 Å². The Morgan fingerprint density at radius 3 is 1.97 bits per heavy atom. The summed E-state index contributed by atoms with van der Waals surface area (Å²) in [5, 5.41) is 2.58. The molecule has 1 nitrogen and oxygen atoms in total. The maximum Gasteiger partial charge on any atom is 0.134 e. The molecule has 0 bridgehead atoms. The van der Waals surface area contributed by atoms with E-state index in [1.54, 1.807) is 0 Å². The predicted octanol–water partition coefficient (Wildman–Crippen LogP) is 8.88. The average molecular weight is 449 g/mol. The highest BCUT2D eigenvalue weighted by Gasteiger charge is 2.38. The lowest BCUT2D eigenvalue weighted by atomic mass is 9.82. The first-order valence-corrected chi connectivity index (χ1v) is 13.5. The first kappa shape index (κ1) is 24.9. The summed E-state index contributed by atoms with van der Waals surface area (Å²) in [6, 6.07) is 13.9. The number of hydrogen-bond donors (Lipinski definition) is 0. The highest BCUT2D eigenvalue weighted by Crippen LogP contribution is 2.60. The van der Waals surface area contributed by atoms with E-state index in [0.29, 0.717) is 36.4 Å². The smallest absolute Gasteiger partial charge is 0.134 e. The Hall–Kier alpha value is -1.72. The van der Waals surface area contributed by atoms with E-state index >= 15 is 0 Å². The van der Waals surface area contributed by atoms with Gasteiger partial charge in [-0.1, -0.05) is 98.4 Å². The minimum Gasteiger partial charge on any atom is -0.300 e. The van der Waals surface area contributed by atoms with Crippen LogP contribution in [0.4, 0.5) is 0 Å². The van der Waals surface area contributed by atoms with Crippen molar-refractivity contribution in [1.82, 2.24) is 0 Å². The van der Waals surface area contributed by atoms with Crippen molar-refractivity contribution in [2.75, 3.05) is 0 Å². The van der Waals surface area contributed by atoms with Crippen LogP contribution in [0.1, 0.15) is 109 Å². The Morgan fingerprint density at radius 2 is 1.44 bits per heavy atom. The molecule has 0 saturated carbocycles. The van der Waals surface area contributed by atoms with E-state index in [9.17, 15) is 4.79 Å². The van der Waals surface area contributed by atoms with Crippen LogP contribution in [0.5, 0.6) is 0 Å². The molecule has 0 radical (unpaired) electrons. The van der Waals surface area contributed by atoms with Crippen LogP contribution in [0.15, 0.2) is 48.3 Å². The van der Waals surface area contributed by atoms with Crippen molar-refractivity contribution in [2.24, 2.45) is 0 Å². The summed E-state index contributed by atoms with van der Waals surface area (Å²) < 4.78 is 0. The molecule has 1 unspecified atom stereocenters. The molecule has 0 amide bonds. The Morgan fingerprint density at radius 1 is 0.875 bits per heavy atom. The molecule has 0 N–H and O–H groups in total. The molecule has 2 heteroatoms. The molecule has 2 aromatic carbocycles. The lowest BCUT2D eigenvalue weighted by molar-refractivity contribution is -0.119. The normalized spacial score (nSPS) is 19.2. The van der Waals surface area contributed by atoms with E-state index in [2.05, 4.69) is 98.4 Å². The number of carbonyl (C=O) groups is 1. The topological polar surface area (TPSA) is 17.1 Å². The molecule has 0 aliphatic carbocycles. The summed E-state index contributed by atoms with van der Waals surface area (Å²) in [4.78, 5) is 12.5. The third-order valence-electron chi connectivity index (χ3n) is 6.79. The summed E-state index contributed by atoms with van der Waals surface area (Å²) in [6.45, 7) is 22.9. The van der Waals surface area contributed by atoms with Gasteiger partial charge >= 0.3 is 0 Å². The fraction of sp³-hybridized carbons (Fsp3) is 0.500. The Labute approximate surface area is 197 Å². The average Bonchev–Trinajstić information content (AvgIpc) is 2.80. The molecule has 1 aliphatic rings. The Kier molecular flexibility index (Phi) is 7.51. The van der Waals surface area contributed by atoms with Crippen molar-refractivity contribution in [3.8, 4) is 11.1 Å². The van der Waals surface area contributed by atoms with Crippen molar-refractivity contribution in [2.45, 2.75) is 97.6 Å². The zero-order chi connectivity index (χ0) is 23.8. The first-order chi connectivity index (χ1) is 14.9. The van der Waals surface area contributed by atoms with Gasteiger partial charge in [0.1, 0.15) is 5.78 Å². The van der Waals surface area contributed by atoms with Gasteiger partial charge in [0.2, 0.25) is 0 Å². The van der Waals surface area contributed by atoms with Crippen LogP contribution in [0.3, 0.4) is 0 Å². The largest absolute Gasteiger partial charge is 0.300 e. The fourth-order valence-electron chi connectivity index (χ4n) is 5.12. The molecule has 1 saturated heterocycles. The third-order valence-corrected chi connectivity index (χ3v) is 9.89. The maximum absolute atomic E-state index is 12.5. The molecule has 0 spiro atoms. The Bertz CT molecular complexity index is 980. The number of hydrogen-bond acceptors (Lipinski definition) is 1. The van der Waals surface area contributed by atoms with Crippen LogP contribution in [0, 0.1) is 0 Å². The van der Waals surface area contributed by atoms with Gasteiger partial charge in [-0.05, 0) is 75.7 Å². The minimum absolute atomic E-state index is 0.0794. The van der Waals surface area contributed by atoms with E-state index in [4.69, 9.17) is 0 Å². The summed E-state index contributed by atoms with van der Waals surface area (Å²) in [7, 11) is -0.668. The molecule has 2 aromatic rings. The predicted molar refractivity (Wildman–Crippen MR) is 143 cm³/mol. The van der Waals surface area contributed by atoms with Crippen LogP contribution >= 0.6 is 7.92 Å². The van der Waals surface area contributed by atoms with Gasteiger partial charge in [0.05, 0.1) is 0 Å². The van der Waals surface area contributed by atoms with Crippen LogP contribution in [0.25, 0.3) is 11.1 Å². The molecule has 0 aromatic heterocycles. The highest BCUT2D eigenvalue weighted by molar-refractivity contribution is 7.71. The van der Waals surface area contributed by atoms with Crippen molar-refractivity contribution in [3.63, 3.8) is 0 Å². The molecular weight excluding hydrogens is 407 g/mol. The Balaban J connectivity index is 2.34. The van der Waals surface area contributed by atoms with E-state index in [0.717, 1.165) is 6.42 Å². The van der Waals surface area contributed by atoms with Gasteiger partial charge in [0.25, 0.3) is 0 Å². The molecule has 3 rings (SSSR count). The fourth-order valence-corrected chi connectivity index (χ4v) is 8.30. The quantitative estimate of drug-likeness (QED) is 0.417. The van der Waals surface area contributed by atoms with Gasteiger partial charge in [-0.3, -0.25) is 4.79 Å². The molecule has 172 valence electrons. The summed E-state index contributed by atoms with van der Waals surface area (Å²) >= 11 is 0. The first-order valence-electron chi connectivity index (χ1n) is 12.2. The number of allylic oxidation sites excluding steroid dienone is 1. The van der Waals surface area contributed by atoms with Crippen molar-refractivity contribution in [1.29, 1.82) is 0 Å². The van der Waals surface area contributed by atoms with Gasteiger partial charge < -0.3 is 0 Å². The zero-order valence-corrected chi connectivity index (χ0v) is 22.3. The summed E-state index contributed by atoms with van der Waals surface area (Å²) in [5.74, 6) is 1.76. The van der Waals surface area contributed by atoms with Crippen LogP contribution in [-0.4, -0.2) is 10.9 Å². The van der Waals surface area contributed by atoms with Crippen LogP contribution < -0.4 is 5.30 Å². The lowest BCUT2D eigenvalue weighted by Crippen LogP contribution is -2.26. The van der Waals surface area contributed by atoms with Crippen molar-refractivity contribution in [3.05, 3.63) is 65.0 Å². The molecule has 1 heterocycles. The SMILES string of the molecule is C=C1CCC(=O)CC(C)(C)P1c1ccccc1-c1c(C(C)C)cc(C(C)C)cc1C(C)C. The van der Waals surface area contributed by atoms with Crippen molar-refractivity contribution < 1.29 is 4.79 Å². The molecule has 1 aliphatic heterocycles. The lowest BCUT2D eigenvalue weighted by Gasteiger charge is -2.36. The van der Waals surface area contributed by atoms with E-state index in [1.807, 2.05) is 0 Å². The van der Waals surface area contributed by atoms with Gasteiger partial charge in [0.15, 0.2) is 0 Å². The number of carbonyl (C=O) groups excluding carboxylic acids is 1. The third kappa shape index (κ3) is 4.94.